The minimum Gasteiger partial charge on any atom is -0.450 e. The average molecular weight is 558 g/mol. The van der Waals surface area contributed by atoms with Crippen LogP contribution in [-0.4, -0.2) is 52.8 Å². The normalized spacial score (nSPS) is 17.8. The summed E-state index contributed by atoms with van der Waals surface area (Å²) >= 11 is 0. The van der Waals surface area contributed by atoms with E-state index < -0.39 is 11.7 Å². The minimum atomic E-state index is -4.49. The highest BCUT2D eigenvalue weighted by atomic mass is 19.4. The molecule has 0 bridgehead atoms. The quantitative estimate of drug-likeness (QED) is 0.156. The summed E-state index contributed by atoms with van der Waals surface area (Å²) in [7, 11) is 0. The second kappa shape index (κ2) is 12.4. The van der Waals surface area contributed by atoms with Crippen molar-refractivity contribution in [2.75, 3.05) is 31.5 Å². The molecule has 214 valence electrons. The maximum atomic E-state index is 13.0. The van der Waals surface area contributed by atoms with Gasteiger partial charge in [0.05, 0.1) is 11.9 Å². The second-order valence-electron chi connectivity index (χ2n) is 9.77. The number of anilines is 2. The van der Waals surface area contributed by atoms with Crippen LogP contribution in [0.25, 0.3) is 5.57 Å². The predicted molar refractivity (Wildman–Crippen MR) is 151 cm³/mol. The Morgan fingerprint density at radius 1 is 1.25 bits per heavy atom. The molecule has 2 aliphatic heterocycles. The van der Waals surface area contributed by atoms with E-state index in [0.29, 0.717) is 40.7 Å². The van der Waals surface area contributed by atoms with E-state index in [1.165, 1.54) is 6.08 Å². The van der Waals surface area contributed by atoms with E-state index in [9.17, 15) is 18.0 Å². The molecule has 0 spiro atoms. The van der Waals surface area contributed by atoms with Crippen molar-refractivity contribution < 1.29 is 17.9 Å². The summed E-state index contributed by atoms with van der Waals surface area (Å²) in [5.41, 5.74) is 11.3. The van der Waals surface area contributed by atoms with Gasteiger partial charge in [-0.15, -0.1) is 0 Å². The predicted octanol–water partition coefficient (Wildman–Crippen LogP) is 4.86. The van der Waals surface area contributed by atoms with Gasteiger partial charge in [0.15, 0.2) is 23.3 Å². The summed E-state index contributed by atoms with van der Waals surface area (Å²) in [6.45, 7) is 8.06. The third-order valence-electron chi connectivity index (χ3n) is 6.95. The number of rotatable bonds is 8. The Morgan fingerprint density at radius 3 is 2.77 bits per heavy atom. The number of likely N-dealkylation sites (tertiary alicyclic amines) is 1. The molecule has 5 N–H and O–H groups in total. The van der Waals surface area contributed by atoms with Gasteiger partial charge >= 0.3 is 11.9 Å². The Morgan fingerprint density at radius 2 is 2.05 bits per heavy atom. The fraction of sp³-hybridized carbons (Fsp3) is 0.393. The Kier molecular flexibility index (Phi) is 8.98. The number of ether oxygens (including phenoxy) is 1. The van der Waals surface area contributed by atoms with Crippen LogP contribution in [0.5, 0.6) is 11.5 Å². The van der Waals surface area contributed by atoms with Gasteiger partial charge in [-0.05, 0) is 69.0 Å². The number of benzene rings is 1. The third-order valence-corrected chi connectivity index (χ3v) is 6.95. The van der Waals surface area contributed by atoms with Crippen molar-refractivity contribution in [3.8, 4) is 11.5 Å². The molecule has 9 nitrogen and oxygen atoms in total. The SMILES string of the molecule is C=C(/C=C\C(=C/C)c1ccc2c(c1)Nc1nc(=O)n(C3CCCN(CCCN=C(N)N)CC3)cc1O2)C(F)(F)F. The third kappa shape index (κ3) is 7.12. The fourth-order valence-corrected chi connectivity index (χ4v) is 4.81. The molecular weight excluding hydrogens is 523 g/mol. The lowest BCUT2D eigenvalue weighted by atomic mass is 10.0. The molecule has 2 aliphatic rings. The largest absolute Gasteiger partial charge is 0.450 e. The first-order valence-corrected chi connectivity index (χ1v) is 13.2. The van der Waals surface area contributed by atoms with Crippen LogP contribution < -0.4 is 27.2 Å². The van der Waals surface area contributed by atoms with Gasteiger partial charge < -0.3 is 26.4 Å². The van der Waals surface area contributed by atoms with Crippen LogP contribution in [0.4, 0.5) is 24.7 Å². The molecule has 1 aromatic heterocycles. The maximum absolute atomic E-state index is 13.0. The highest BCUT2D eigenvalue weighted by Gasteiger charge is 2.30. The van der Waals surface area contributed by atoms with Crippen LogP contribution in [0.2, 0.25) is 0 Å². The lowest BCUT2D eigenvalue weighted by Gasteiger charge is -2.24. The van der Waals surface area contributed by atoms with Gasteiger partial charge in [0, 0.05) is 24.7 Å². The first-order chi connectivity index (χ1) is 19.0. The molecule has 0 amide bonds. The van der Waals surface area contributed by atoms with E-state index in [-0.39, 0.29) is 17.7 Å². The molecule has 12 heteroatoms. The fourth-order valence-electron chi connectivity index (χ4n) is 4.81. The van der Waals surface area contributed by atoms with Gasteiger partial charge in [-0.1, -0.05) is 30.9 Å². The number of fused-ring (bicyclic) bond motifs is 2. The van der Waals surface area contributed by atoms with Gasteiger partial charge in [-0.3, -0.25) is 9.56 Å². The molecule has 0 radical (unpaired) electrons. The van der Waals surface area contributed by atoms with E-state index >= 15 is 0 Å². The lowest BCUT2D eigenvalue weighted by molar-refractivity contribution is -0.0878. The Bertz CT molecular complexity index is 1390. The molecule has 4 rings (SSSR count). The summed E-state index contributed by atoms with van der Waals surface area (Å²) in [5, 5.41) is 3.14. The van der Waals surface area contributed by atoms with Gasteiger partial charge in [0.25, 0.3) is 0 Å². The molecule has 1 unspecified atom stereocenters. The molecule has 2 aromatic rings. The van der Waals surface area contributed by atoms with E-state index in [1.807, 2.05) is 0 Å². The van der Waals surface area contributed by atoms with Crippen molar-refractivity contribution in [3.05, 3.63) is 70.8 Å². The lowest BCUT2D eigenvalue weighted by Crippen LogP contribution is -2.30. The highest BCUT2D eigenvalue weighted by Crippen LogP contribution is 2.42. The van der Waals surface area contributed by atoms with Crippen LogP contribution in [-0.2, 0) is 0 Å². The molecule has 1 saturated heterocycles. The number of nitrogens with two attached hydrogens (primary N) is 2. The standard InChI is InChI=1S/C28H34F3N7O2/c1-3-19(8-7-18(2)28(29,30)31)20-9-10-23-22(16-20)35-25-24(40-23)17-38(27(39)36-25)21-6-4-13-37(15-11-21)14-5-12-34-26(32)33/h3,7-10,16-17,21H,2,4-6,11-15H2,1H3,(H4,32,33,34)(H,35,36,39)/b8-7-,19-3+. The summed E-state index contributed by atoms with van der Waals surface area (Å²) in [6, 6.07) is 5.24. The Labute approximate surface area is 230 Å². The summed E-state index contributed by atoms with van der Waals surface area (Å²) in [5.74, 6) is 1.35. The van der Waals surface area contributed by atoms with Gasteiger partial charge in [-0.25, -0.2) is 4.79 Å². The monoisotopic (exact) mass is 557 g/mol. The molecule has 1 atom stereocenters. The smallest absolute Gasteiger partial charge is 0.415 e. The van der Waals surface area contributed by atoms with E-state index in [1.54, 1.807) is 42.0 Å². The molecule has 40 heavy (non-hydrogen) atoms. The zero-order chi connectivity index (χ0) is 28.9. The van der Waals surface area contributed by atoms with E-state index in [4.69, 9.17) is 16.2 Å². The van der Waals surface area contributed by atoms with Crippen LogP contribution >= 0.6 is 0 Å². The topological polar surface area (TPSA) is 124 Å². The van der Waals surface area contributed by atoms with Crippen LogP contribution in [0, 0.1) is 0 Å². The highest BCUT2D eigenvalue weighted by molar-refractivity contribution is 5.81. The van der Waals surface area contributed by atoms with Crippen molar-refractivity contribution >= 4 is 23.0 Å². The minimum absolute atomic E-state index is 0.00383. The Balaban J connectivity index is 1.46. The number of aromatic nitrogens is 2. The van der Waals surface area contributed by atoms with Crippen LogP contribution in [0.3, 0.4) is 0 Å². The van der Waals surface area contributed by atoms with Crippen molar-refractivity contribution in [1.29, 1.82) is 0 Å². The first-order valence-electron chi connectivity index (χ1n) is 13.2. The number of aliphatic imine (C=N–C) groups is 1. The zero-order valence-electron chi connectivity index (χ0n) is 22.4. The van der Waals surface area contributed by atoms with E-state index in [2.05, 4.69) is 26.8 Å². The van der Waals surface area contributed by atoms with Gasteiger partial charge in [-0.2, -0.15) is 18.2 Å². The van der Waals surface area contributed by atoms with Crippen molar-refractivity contribution in [3.63, 3.8) is 0 Å². The van der Waals surface area contributed by atoms with Gasteiger partial charge in [0.1, 0.15) is 0 Å². The number of hydrogen-bond acceptors (Lipinski definition) is 6. The van der Waals surface area contributed by atoms with Crippen molar-refractivity contribution in [1.82, 2.24) is 14.5 Å². The number of guanidine groups is 1. The molecule has 0 saturated carbocycles. The van der Waals surface area contributed by atoms with E-state index in [0.717, 1.165) is 51.4 Å². The maximum Gasteiger partial charge on any atom is 0.415 e. The number of allylic oxidation sites excluding steroid dienone is 5. The number of halogens is 3. The van der Waals surface area contributed by atoms with Crippen molar-refractivity contribution in [2.24, 2.45) is 16.5 Å². The molecule has 3 heterocycles. The molecule has 1 fully saturated rings. The number of nitrogens with one attached hydrogen (secondary N) is 1. The summed E-state index contributed by atoms with van der Waals surface area (Å²) in [6.07, 6.45) is 4.67. The number of nitrogens with zero attached hydrogens (tertiary/aromatic N) is 4. The number of hydrogen-bond donors (Lipinski definition) is 3. The second-order valence-corrected chi connectivity index (χ2v) is 9.77. The number of alkyl halides is 3. The zero-order valence-corrected chi connectivity index (χ0v) is 22.4. The molecule has 1 aromatic carbocycles. The van der Waals surface area contributed by atoms with Gasteiger partial charge in [0.2, 0.25) is 0 Å². The first kappa shape index (κ1) is 28.9. The van der Waals surface area contributed by atoms with Crippen molar-refractivity contribution in [2.45, 2.75) is 44.8 Å². The summed E-state index contributed by atoms with van der Waals surface area (Å²) < 4.78 is 46.2. The average Bonchev–Trinajstić information content (AvgIpc) is 3.14. The molecular formula is C28H34F3N7O2. The molecule has 0 aliphatic carbocycles. The van der Waals surface area contributed by atoms with Crippen LogP contribution in [0.1, 0.15) is 44.2 Å². The Hall–Kier alpha value is -4.06. The van der Waals surface area contributed by atoms with Crippen LogP contribution in [0.15, 0.2) is 64.6 Å². The summed E-state index contributed by atoms with van der Waals surface area (Å²) in [4.78, 5) is 23.6.